The van der Waals surface area contributed by atoms with Crippen LogP contribution in [0.2, 0.25) is 0 Å². The molecule has 0 bridgehead atoms. The van der Waals surface area contributed by atoms with Gasteiger partial charge in [0.25, 0.3) is 0 Å². The van der Waals surface area contributed by atoms with Crippen molar-refractivity contribution in [1.29, 1.82) is 0 Å². The summed E-state index contributed by atoms with van der Waals surface area (Å²) in [5.74, 6) is -0.973. The largest absolute Gasteiger partial charge is 0.506 e. The Kier molecular flexibility index (Phi) is 2.78. The summed E-state index contributed by atoms with van der Waals surface area (Å²) in [6, 6.07) is 3.98. The zero-order chi connectivity index (χ0) is 11.7. The van der Waals surface area contributed by atoms with E-state index in [4.69, 9.17) is 5.73 Å². The third kappa shape index (κ3) is 1.74. The highest BCUT2D eigenvalue weighted by Gasteiger charge is 2.32. The third-order valence-electron chi connectivity index (χ3n) is 2.77. The Morgan fingerprint density at radius 2 is 2.31 bits per heavy atom. The summed E-state index contributed by atoms with van der Waals surface area (Å²) >= 11 is 0. The Hall–Kier alpha value is -1.62. The van der Waals surface area contributed by atoms with Crippen LogP contribution < -0.4 is 10.6 Å². The molecule has 1 aliphatic rings. The topological polar surface area (TPSA) is 66.6 Å². The number of carbonyl (C=O) groups is 1. The van der Waals surface area contributed by atoms with Crippen molar-refractivity contribution in [2.24, 2.45) is 11.7 Å². The number of nitrogens with zero attached hydrogens (tertiary/aromatic N) is 1. The lowest BCUT2D eigenvalue weighted by molar-refractivity contribution is -0.117. The van der Waals surface area contributed by atoms with Gasteiger partial charge in [-0.05, 0) is 24.6 Å². The normalized spacial score (nSPS) is 20.5. The highest BCUT2D eigenvalue weighted by Crippen LogP contribution is 2.34. The van der Waals surface area contributed by atoms with E-state index in [0.29, 0.717) is 19.5 Å². The first-order chi connectivity index (χ1) is 7.63. The van der Waals surface area contributed by atoms with E-state index in [-0.39, 0.29) is 23.3 Å². The third-order valence-corrected chi connectivity index (χ3v) is 2.77. The van der Waals surface area contributed by atoms with Gasteiger partial charge in [-0.15, -0.1) is 0 Å². The van der Waals surface area contributed by atoms with E-state index in [9.17, 15) is 14.3 Å². The van der Waals surface area contributed by atoms with Crippen LogP contribution in [0.1, 0.15) is 6.42 Å². The molecule has 1 amide bonds. The smallest absolute Gasteiger partial charge is 0.227 e. The molecule has 1 atom stereocenters. The molecule has 1 fully saturated rings. The molecule has 1 aromatic carbocycles. The van der Waals surface area contributed by atoms with Gasteiger partial charge in [0, 0.05) is 13.0 Å². The van der Waals surface area contributed by atoms with Gasteiger partial charge in [0.2, 0.25) is 5.91 Å². The van der Waals surface area contributed by atoms with E-state index >= 15 is 0 Å². The van der Waals surface area contributed by atoms with Crippen LogP contribution in [0.25, 0.3) is 0 Å². The van der Waals surface area contributed by atoms with Crippen LogP contribution in [-0.4, -0.2) is 24.1 Å². The SMILES string of the molecule is NCC1CC(=O)N(c2c(O)cccc2F)C1. The van der Waals surface area contributed by atoms with Gasteiger partial charge in [0.15, 0.2) is 5.82 Å². The van der Waals surface area contributed by atoms with E-state index in [1.54, 1.807) is 0 Å². The number of aromatic hydroxyl groups is 1. The average Bonchev–Trinajstić information content (AvgIpc) is 2.60. The van der Waals surface area contributed by atoms with Crippen LogP contribution >= 0.6 is 0 Å². The van der Waals surface area contributed by atoms with E-state index < -0.39 is 5.82 Å². The predicted octanol–water partition coefficient (Wildman–Crippen LogP) is 0.843. The number of hydrogen-bond donors (Lipinski definition) is 2. The molecular formula is C11H13FN2O2. The number of carbonyl (C=O) groups excluding carboxylic acids is 1. The molecule has 0 radical (unpaired) electrons. The van der Waals surface area contributed by atoms with Crippen molar-refractivity contribution in [2.45, 2.75) is 6.42 Å². The van der Waals surface area contributed by atoms with Crippen molar-refractivity contribution in [1.82, 2.24) is 0 Å². The highest BCUT2D eigenvalue weighted by molar-refractivity contribution is 5.97. The Bertz CT molecular complexity index is 402. The zero-order valence-corrected chi connectivity index (χ0v) is 8.69. The van der Waals surface area contributed by atoms with E-state index in [0.717, 1.165) is 0 Å². The van der Waals surface area contributed by atoms with Crippen molar-refractivity contribution >= 4 is 11.6 Å². The average molecular weight is 224 g/mol. The summed E-state index contributed by atoms with van der Waals surface area (Å²) in [5, 5.41) is 9.56. The second kappa shape index (κ2) is 4.09. The number of hydrogen-bond acceptors (Lipinski definition) is 3. The zero-order valence-electron chi connectivity index (χ0n) is 8.69. The first-order valence-corrected chi connectivity index (χ1v) is 5.11. The maximum Gasteiger partial charge on any atom is 0.227 e. The highest BCUT2D eigenvalue weighted by atomic mass is 19.1. The number of halogens is 1. The molecule has 1 aliphatic heterocycles. The molecule has 86 valence electrons. The molecule has 1 heterocycles. The minimum atomic E-state index is -0.592. The Balaban J connectivity index is 2.35. The molecule has 0 aromatic heterocycles. The number of para-hydroxylation sites is 1. The fraction of sp³-hybridized carbons (Fsp3) is 0.364. The van der Waals surface area contributed by atoms with Crippen molar-refractivity contribution in [3.05, 3.63) is 24.0 Å². The molecule has 0 spiro atoms. The summed E-state index contributed by atoms with van der Waals surface area (Å²) in [6.07, 6.45) is 0.310. The fourth-order valence-electron chi connectivity index (χ4n) is 1.93. The molecule has 3 N–H and O–H groups in total. The Labute approximate surface area is 92.5 Å². The van der Waals surface area contributed by atoms with Gasteiger partial charge >= 0.3 is 0 Å². The van der Waals surface area contributed by atoms with Gasteiger partial charge < -0.3 is 15.7 Å². The summed E-state index contributed by atoms with van der Waals surface area (Å²) in [7, 11) is 0. The molecule has 1 saturated heterocycles. The van der Waals surface area contributed by atoms with Crippen LogP contribution in [0.5, 0.6) is 5.75 Å². The van der Waals surface area contributed by atoms with Crippen LogP contribution in [0.3, 0.4) is 0 Å². The predicted molar refractivity (Wildman–Crippen MR) is 57.6 cm³/mol. The minimum absolute atomic E-state index is 0.0338. The maximum atomic E-state index is 13.5. The molecule has 4 nitrogen and oxygen atoms in total. The Morgan fingerprint density at radius 3 is 2.88 bits per heavy atom. The number of phenolic OH excluding ortho intramolecular Hbond substituents is 1. The molecule has 0 saturated carbocycles. The summed E-state index contributed by atoms with van der Waals surface area (Å²) in [4.78, 5) is 12.9. The molecular weight excluding hydrogens is 211 g/mol. The summed E-state index contributed by atoms with van der Waals surface area (Å²) in [5.41, 5.74) is 5.44. The van der Waals surface area contributed by atoms with E-state index in [1.807, 2.05) is 0 Å². The lowest BCUT2D eigenvalue weighted by Gasteiger charge is -2.18. The first-order valence-electron chi connectivity index (χ1n) is 5.11. The summed E-state index contributed by atoms with van der Waals surface area (Å²) in [6.45, 7) is 0.751. The monoisotopic (exact) mass is 224 g/mol. The number of anilines is 1. The standard InChI is InChI=1S/C11H13FN2O2/c12-8-2-1-3-9(15)11(8)14-6-7(5-13)4-10(14)16/h1-3,7,15H,4-6,13H2. The number of rotatable bonds is 2. The van der Waals surface area contributed by atoms with Gasteiger partial charge in [-0.1, -0.05) is 6.07 Å². The second-order valence-corrected chi connectivity index (χ2v) is 3.92. The van der Waals surface area contributed by atoms with Crippen molar-refractivity contribution < 1.29 is 14.3 Å². The van der Waals surface area contributed by atoms with Crippen molar-refractivity contribution in [3.8, 4) is 5.75 Å². The Morgan fingerprint density at radius 1 is 1.56 bits per heavy atom. The second-order valence-electron chi connectivity index (χ2n) is 3.92. The molecule has 1 unspecified atom stereocenters. The molecule has 5 heteroatoms. The first kappa shape index (κ1) is 10.9. The molecule has 2 rings (SSSR count). The van der Waals surface area contributed by atoms with Gasteiger partial charge in [-0.25, -0.2) is 4.39 Å². The minimum Gasteiger partial charge on any atom is -0.506 e. The lowest BCUT2D eigenvalue weighted by atomic mass is 10.1. The number of nitrogens with two attached hydrogens (primary N) is 1. The van der Waals surface area contributed by atoms with Crippen molar-refractivity contribution in [3.63, 3.8) is 0 Å². The molecule has 16 heavy (non-hydrogen) atoms. The van der Waals surface area contributed by atoms with E-state index in [2.05, 4.69) is 0 Å². The molecule has 0 aliphatic carbocycles. The summed E-state index contributed by atoms with van der Waals surface area (Å²) < 4.78 is 13.5. The van der Waals surface area contributed by atoms with Crippen LogP contribution in [0.4, 0.5) is 10.1 Å². The van der Waals surface area contributed by atoms with Crippen LogP contribution in [0, 0.1) is 11.7 Å². The van der Waals surface area contributed by atoms with E-state index in [1.165, 1.54) is 23.1 Å². The van der Waals surface area contributed by atoms with Gasteiger partial charge in [0.05, 0.1) is 0 Å². The van der Waals surface area contributed by atoms with Crippen LogP contribution in [-0.2, 0) is 4.79 Å². The lowest BCUT2D eigenvalue weighted by Crippen LogP contribution is -2.26. The molecule has 1 aromatic rings. The van der Waals surface area contributed by atoms with Gasteiger partial charge in [-0.2, -0.15) is 0 Å². The maximum absolute atomic E-state index is 13.5. The number of benzene rings is 1. The quantitative estimate of drug-likeness (QED) is 0.782. The number of amides is 1. The number of phenols is 1. The van der Waals surface area contributed by atoms with Crippen LogP contribution in [0.15, 0.2) is 18.2 Å². The van der Waals surface area contributed by atoms with Gasteiger partial charge in [-0.3, -0.25) is 4.79 Å². The van der Waals surface area contributed by atoms with Crippen molar-refractivity contribution in [2.75, 3.05) is 18.0 Å². The van der Waals surface area contributed by atoms with Gasteiger partial charge in [0.1, 0.15) is 11.4 Å². The fourth-order valence-corrected chi connectivity index (χ4v) is 1.93.